The summed E-state index contributed by atoms with van der Waals surface area (Å²) in [6, 6.07) is 18.7. The molecule has 0 N–H and O–H groups in total. The molecule has 24 heavy (non-hydrogen) atoms. The summed E-state index contributed by atoms with van der Waals surface area (Å²) in [5.74, 6) is 0.0512. The molecule has 0 aliphatic carbocycles. The lowest BCUT2D eigenvalue weighted by Gasteiger charge is -2.37. The van der Waals surface area contributed by atoms with Crippen LogP contribution in [-0.2, 0) is 0 Å². The number of carbonyl (C=O) groups excluding carboxylic acids is 1. The van der Waals surface area contributed by atoms with Crippen LogP contribution in [0.25, 0.3) is 0 Å². The second-order valence-corrected chi connectivity index (χ2v) is 6.21. The number of halogens is 1. The Balaban J connectivity index is 1.65. The SMILES string of the molecule is N#CC(c1ccc(Cl)cc1)N1CCN(C(=O)c2ccccc2)CC1. The third kappa shape index (κ3) is 3.59. The van der Waals surface area contributed by atoms with Crippen LogP contribution in [0.4, 0.5) is 0 Å². The summed E-state index contributed by atoms with van der Waals surface area (Å²) in [6.45, 7) is 2.61. The van der Waals surface area contributed by atoms with Gasteiger partial charge in [0.1, 0.15) is 6.04 Å². The maximum atomic E-state index is 12.5. The lowest BCUT2D eigenvalue weighted by Crippen LogP contribution is -2.49. The molecule has 0 spiro atoms. The molecule has 2 aromatic carbocycles. The van der Waals surface area contributed by atoms with Crippen LogP contribution in [0.3, 0.4) is 0 Å². The third-order valence-corrected chi connectivity index (χ3v) is 4.55. The molecule has 122 valence electrons. The fraction of sp³-hybridized carbons (Fsp3) is 0.263. The molecule has 1 unspecified atom stereocenters. The fourth-order valence-corrected chi connectivity index (χ4v) is 3.08. The second kappa shape index (κ2) is 7.48. The van der Waals surface area contributed by atoms with Crippen LogP contribution >= 0.6 is 11.6 Å². The lowest BCUT2D eigenvalue weighted by molar-refractivity contribution is 0.0606. The first kappa shape index (κ1) is 16.5. The Bertz CT molecular complexity index is 731. The van der Waals surface area contributed by atoms with Gasteiger partial charge in [-0.3, -0.25) is 9.69 Å². The summed E-state index contributed by atoms with van der Waals surface area (Å²) in [5.41, 5.74) is 1.64. The molecule has 4 nitrogen and oxygen atoms in total. The van der Waals surface area contributed by atoms with E-state index in [4.69, 9.17) is 11.6 Å². The van der Waals surface area contributed by atoms with Crippen molar-refractivity contribution in [3.05, 3.63) is 70.7 Å². The summed E-state index contributed by atoms with van der Waals surface area (Å²) in [6.07, 6.45) is 0. The van der Waals surface area contributed by atoms with Gasteiger partial charge in [-0.15, -0.1) is 0 Å². The third-order valence-electron chi connectivity index (χ3n) is 4.30. The zero-order valence-electron chi connectivity index (χ0n) is 13.2. The van der Waals surface area contributed by atoms with Gasteiger partial charge in [0, 0.05) is 36.8 Å². The van der Waals surface area contributed by atoms with Gasteiger partial charge in [0.15, 0.2) is 0 Å². The maximum Gasteiger partial charge on any atom is 0.253 e. The minimum absolute atomic E-state index is 0.0512. The first-order valence-electron chi connectivity index (χ1n) is 7.92. The topological polar surface area (TPSA) is 47.3 Å². The smallest absolute Gasteiger partial charge is 0.253 e. The van der Waals surface area contributed by atoms with Crippen LogP contribution in [0.15, 0.2) is 54.6 Å². The summed E-state index contributed by atoms with van der Waals surface area (Å²) in [7, 11) is 0. The van der Waals surface area contributed by atoms with Crippen molar-refractivity contribution in [2.45, 2.75) is 6.04 Å². The Morgan fingerprint density at radius 1 is 1.00 bits per heavy atom. The van der Waals surface area contributed by atoms with E-state index in [9.17, 15) is 10.1 Å². The number of rotatable bonds is 3. The first-order valence-corrected chi connectivity index (χ1v) is 8.30. The van der Waals surface area contributed by atoms with Crippen LogP contribution in [0, 0.1) is 11.3 Å². The van der Waals surface area contributed by atoms with Gasteiger partial charge < -0.3 is 4.90 Å². The van der Waals surface area contributed by atoms with Crippen LogP contribution in [-0.4, -0.2) is 41.9 Å². The predicted octanol–water partition coefficient (Wildman–Crippen LogP) is 3.36. The normalized spacial score (nSPS) is 16.4. The average Bonchev–Trinajstić information content (AvgIpc) is 2.64. The van der Waals surface area contributed by atoms with E-state index in [1.54, 1.807) is 12.1 Å². The first-order chi connectivity index (χ1) is 11.7. The van der Waals surface area contributed by atoms with Gasteiger partial charge in [-0.2, -0.15) is 5.26 Å². The lowest BCUT2D eigenvalue weighted by atomic mass is 10.1. The highest BCUT2D eigenvalue weighted by Gasteiger charge is 2.27. The number of piperazine rings is 1. The molecule has 0 aromatic heterocycles. The number of nitrogens with zero attached hydrogens (tertiary/aromatic N) is 3. The van der Waals surface area contributed by atoms with Crippen LogP contribution in [0.5, 0.6) is 0 Å². The molecular formula is C19H18ClN3O. The quantitative estimate of drug-likeness (QED) is 0.861. The van der Waals surface area contributed by atoms with E-state index >= 15 is 0 Å². The molecule has 1 amide bonds. The van der Waals surface area contributed by atoms with E-state index < -0.39 is 0 Å². The van der Waals surface area contributed by atoms with Crippen molar-refractivity contribution in [3.8, 4) is 6.07 Å². The molecule has 0 radical (unpaired) electrons. The van der Waals surface area contributed by atoms with Crippen molar-refractivity contribution < 1.29 is 4.79 Å². The molecule has 2 aromatic rings. The highest BCUT2D eigenvalue weighted by molar-refractivity contribution is 6.30. The van der Waals surface area contributed by atoms with Crippen LogP contribution < -0.4 is 0 Å². The van der Waals surface area contributed by atoms with Crippen molar-refractivity contribution in [1.29, 1.82) is 5.26 Å². The molecular weight excluding hydrogens is 322 g/mol. The van der Waals surface area contributed by atoms with E-state index in [0.717, 1.165) is 5.56 Å². The zero-order valence-corrected chi connectivity index (χ0v) is 14.0. The Kier molecular flexibility index (Phi) is 5.14. The summed E-state index contributed by atoms with van der Waals surface area (Å²) in [5, 5.41) is 10.2. The van der Waals surface area contributed by atoms with Gasteiger partial charge in [0.2, 0.25) is 0 Å². The van der Waals surface area contributed by atoms with E-state index in [2.05, 4.69) is 11.0 Å². The zero-order chi connectivity index (χ0) is 16.9. The molecule has 1 aliphatic heterocycles. The number of amides is 1. The monoisotopic (exact) mass is 339 g/mol. The Hall–Kier alpha value is -2.35. The molecule has 1 heterocycles. The second-order valence-electron chi connectivity index (χ2n) is 5.78. The number of nitriles is 1. The molecule has 0 saturated carbocycles. The summed E-state index contributed by atoms with van der Waals surface area (Å²) >= 11 is 5.92. The Labute approximate surface area is 146 Å². The van der Waals surface area contributed by atoms with Gasteiger partial charge in [-0.1, -0.05) is 41.9 Å². The van der Waals surface area contributed by atoms with E-state index in [-0.39, 0.29) is 11.9 Å². The largest absolute Gasteiger partial charge is 0.336 e. The molecule has 1 saturated heterocycles. The molecule has 0 bridgehead atoms. The number of benzene rings is 2. The van der Waals surface area contributed by atoms with Crippen molar-refractivity contribution in [2.75, 3.05) is 26.2 Å². The standard InChI is InChI=1S/C19H18ClN3O/c20-17-8-6-15(7-9-17)18(14-21)22-10-12-23(13-11-22)19(24)16-4-2-1-3-5-16/h1-9,18H,10-13H2. The van der Waals surface area contributed by atoms with Crippen LogP contribution in [0.2, 0.25) is 5.02 Å². The molecule has 1 aliphatic rings. The molecule has 1 fully saturated rings. The van der Waals surface area contributed by atoms with Gasteiger partial charge >= 0.3 is 0 Å². The van der Waals surface area contributed by atoms with Crippen molar-refractivity contribution in [3.63, 3.8) is 0 Å². The predicted molar refractivity (Wildman–Crippen MR) is 93.7 cm³/mol. The van der Waals surface area contributed by atoms with E-state index in [1.807, 2.05) is 47.4 Å². The maximum absolute atomic E-state index is 12.5. The van der Waals surface area contributed by atoms with Crippen LogP contribution in [0.1, 0.15) is 22.0 Å². The molecule has 3 rings (SSSR count). The van der Waals surface area contributed by atoms with Crippen molar-refractivity contribution in [2.24, 2.45) is 0 Å². The average molecular weight is 340 g/mol. The Morgan fingerprint density at radius 2 is 1.62 bits per heavy atom. The van der Waals surface area contributed by atoms with Gasteiger partial charge in [0.25, 0.3) is 5.91 Å². The number of hydrogen-bond donors (Lipinski definition) is 0. The number of carbonyl (C=O) groups is 1. The van der Waals surface area contributed by atoms with E-state index in [1.165, 1.54) is 0 Å². The van der Waals surface area contributed by atoms with Gasteiger partial charge in [-0.05, 0) is 29.8 Å². The van der Waals surface area contributed by atoms with Crippen molar-refractivity contribution >= 4 is 17.5 Å². The van der Waals surface area contributed by atoms with Gasteiger partial charge in [0.05, 0.1) is 6.07 Å². The summed E-state index contributed by atoms with van der Waals surface area (Å²) in [4.78, 5) is 16.4. The Morgan fingerprint density at radius 3 is 2.21 bits per heavy atom. The highest BCUT2D eigenvalue weighted by Crippen LogP contribution is 2.23. The minimum Gasteiger partial charge on any atom is -0.336 e. The summed E-state index contributed by atoms with van der Waals surface area (Å²) < 4.78 is 0. The molecule has 5 heteroatoms. The highest BCUT2D eigenvalue weighted by atomic mass is 35.5. The number of hydrogen-bond acceptors (Lipinski definition) is 3. The van der Waals surface area contributed by atoms with Gasteiger partial charge in [-0.25, -0.2) is 0 Å². The van der Waals surface area contributed by atoms with E-state index in [0.29, 0.717) is 36.8 Å². The van der Waals surface area contributed by atoms with Crippen molar-refractivity contribution in [1.82, 2.24) is 9.80 Å². The minimum atomic E-state index is -0.309. The molecule has 1 atom stereocenters. The fourth-order valence-electron chi connectivity index (χ4n) is 2.96.